The van der Waals surface area contributed by atoms with E-state index >= 15 is 0 Å². The van der Waals surface area contributed by atoms with Gasteiger partial charge in [0.15, 0.2) is 17.3 Å². The van der Waals surface area contributed by atoms with Gasteiger partial charge >= 0.3 is 0 Å². The molecule has 0 atom stereocenters. The predicted molar refractivity (Wildman–Crippen MR) is 85.9 cm³/mol. The number of ether oxygens (including phenoxy) is 2. The Morgan fingerprint density at radius 1 is 1.12 bits per heavy atom. The highest BCUT2D eigenvalue weighted by atomic mass is 19.1. The molecule has 1 heterocycles. The van der Waals surface area contributed by atoms with Crippen LogP contribution >= 0.6 is 0 Å². The molecule has 25 heavy (non-hydrogen) atoms. The van der Waals surface area contributed by atoms with Crippen molar-refractivity contribution in [3.63, 3.8) is 0 Å². The summed E-state index contributed by atoms with van der Waals surface area (Å²) < 4.78 is 37.2. The van der Waals surface area contributed by atoms with Crippen molar-refractivity contribution in [2.75, 3.05) is 12.1 Å². The molecule has 0 aromatic heterocycles. The lowest BCUT2D eigenvalue weighted by molar-refractivity contribution is -0.116. The number of aryl methyl sites for hydroxylation is 1. The zero-order valence-electron chi connectivity index (χ0n) is 13.4. The van der Waals surface area contributed by atoms with E-state index in [0.29, 0.717) is 17.2 Å². The molecule has 0 saturated carbocycles. The molecule has 1 aliphatic rings. The summed E-state index contributed by atoms with van der Waals surface area (Å²) in [4.78, 5) is 23.9. The topological polar surface area (TPSA) is 64.6 Å². The van der Waals surface area contributed by atoms with Gasteiger partial charge in [0, 0.05) is 18.1 Å². The van der Waals surface area contributed by atoms with Crippen molar-refractivity contribution in [2.45, 2.75) is 19.8 Å². The van der Waals surface area contributed by atoms with Crippen LogP contribution in [-0.4, -0.2) is 18.5 Å². The summed E-state index contributed by atoms with van der Waals surface area (Å²) in [6, 6.07) is 6.12. The van der Waals surface area contributed by atoms with Crippen LogP contribution in [0.1, 0.15) is 29.3 Å². The number of ketones is 1. The first-order valence-electron chi connectivity index (χ1n) is 7.62. The molecule has 2 aromatic carbocycles. The lowest BCUT2D eigenvalue weighted by atomic mass is 10.1. The van der Waals surface area contributed by atoms with Gasteiger partial charge in [0.2, 0.25) is 12.7 Å². The molecule has 0 spiro atoms. The van der Waals surface area contributed by atoms with E-state index in [0.717, 1.165) is 18.2 Å². The number of hydrogen-bond acceptors (Lipinski definition) is 4. The van der Waals surface area contributed by atoms with Gasteiger partial charge in [-0.1, -0.05) is 0 Å². The van der Waals surface area contributed by atoms with E-state index in [9.17, 15) is 18.4 Å². The second kappa shape index (κ2) is 6.88. The molecule has 1 aliphatic heterocycles. The van der Waals surface area contributed by atoms with Gasteiger partial charge in [-0.2, -0.15) is 0 Å². The normalized spacial score (nSPS) is 12.1. The Balaban J connectivity index is 1.72. The number of nitrogens with one attached hydrogen (secondary N) is 1. The molecule has 1 N–H and O–H groups in total. The largest absolute Gasteiger partial charge is 0.454 e. The van der Waals surface area contributed by atoms with Gasteiger partial charge in [0.25, 0.3) is 0 Å². The molecule has 5 nitrogen and oxygen atoms in total. The Labute approximate surface area is 142 Å². The van der Waals surface area contributed by atoms with Crippen LogP contribution < -0.4 is 14.8 Å². The van der Waals surface area contributed by atoms with E-state index in [-0.39, 0.29) is 36.5 Å². The Morgan fingerprint density at radius 3 is 2.56 bits per heavy atom. The maximum Gasteiger partial charge on any atom is 0.231 e. The molecule has 7 heteroatoms. The van der Waals surface area contributed by atoms with Gasteiger partial charge in [0.1, 0.15) is 11.6 Å². The summed E-state index contributed by atoms with van der Waals surface area (Å²) >= 11 is 0. The number of fused-ring (bicyclic) bond motifs is 1. The summed E-state index contributed by atoms with van der Waals surface area (Å²) in [7, 11) is 0. The standard InChI is InChI=1S/C18H15F2NO4/c1-10(22)13-7-16-17(25-9-24-16)8-15(13)21-18(23)5-2-11-6-12(19)3-4-14(11)20/h3-4,6-8H,2,5,9H2,1H3,(H,21,23). The minimum absolute atomic E-state index is 0.0371. The monoisotopic (exact) mass is 347 g/mol. The number of halogens is 2. The summed E-state index contributed by atoms with van der Waals surface area (Å²) in [5.41, 5.74) is 0.698. The molecule has 130 valence electrons. The third-order valence-corrected chi connectivity index (χ3v) is 3.80. The van der Waals surface area contributed by atoms with Crippen LogP contribution in [0.3, 0.4) is 0 Å². The number of anilines is 1. The summed E-state index contributed by atoms with van der Waals surface area (Å²) in [6.45, 7) is 1.41. The van der Waals surface area contributed by atoms with E-state index in [1.807, 2.05) is 0 Å². The molecular weight excluding hydrogens is 332 g/mol. The smallest absolute Gasteiger partial charge is 0.231 e. The fourth-order valence-electron chi connectivity index (χ4n) is 2.53. The zero-order valence-corrected chi connectivity index (χ0v) is 13.4. The van der Waals surface area contributed by atoms with Crippen LogP contribution in [0.5, 0.6) is 11.5 Å². The first-order chi connectivity index (χ1) is 11.9. The highest BCUT2D eigenvalue weighted by Gasteiger charge is 2.20. The number of hydrogen-bond donors (Lipinski definition) is 1. The van der Waals surface area contributed by atoms with Crippen molar-refractivity contribution >= 4 is 17.4 Å². The second-order valence-electron chi connectivity index (χ2n) is 5.59. The molecule has 3 rings (SSSR count). The molecule has 0 saturated heterocycles. The van der Waals surface area contributed by atoms with E-state index in [1.165, 1.54) is 19.1 Å². The summed E-state index contributed by atoms with van der Waals surface area (Å²) in [5, 5.41) is 2.61. The molecule has 0 bridgehead atoms. The Hall–Kier alpha value is -2.96. The first-order valence-corrected chi connectivity index (χ1v) is 7.62. The fourth-order valence-corrected chi connectivity index (χ4v) is 2.53. The van der Waals surface area contributed by atoms with Crippen LogP contribution in [0.25, 0.3) is 0 Å². The number of amides is 1. The molecule has 0 fully saturated rings. The minimum Gasteiger partial charge on any atom is -0.454 e. The van der Waals surface area contributed by atoms with Gasteiger partial charge in [-0.25, -0.2) is 8.78 Å². The summed E-state index contributed by atoms with van der Waals surface area (Å²) in [5.74, 6) is -0.940. The van der Waals surface area contributed by atoms with E-state index < -0.39 is 17.5 Å². The van der Waals surface area contributed by atoms with Crippen LogP contribution in [0.15, 0.2) is 30.3 Å². The van der Waals surface area contributed by atoms with Gasteiger partial charge in [-0.3, -0.25) is 9.59 Å². The highest BCUT2D eigenvalue weighted by molar-refractivity contribution is 6.04. The van der Waals surface area contributed by atoms with Crippen molar-refractivity contribution in [1.29, 1.82) is 0 Å². The molecular formula is C18H15F2NO4. The van der Waals surface area contributed by atoms with Crippen LogP contribution in [0.2, 0.25) is 0 Å². The lowest BCUT2D eigenvalue weighted by Gasteiger charge is -2.11. The Kier molecular flexibility index (Phi) is 4.65. The zero-order chi connectivity index (χ0) is 18.0. The fraction of sp³-hybridized carbons (Fsp3) is 0.222. The molecule has 0 unspecified atom stereocenters. The number of rotatable bonds is 5. The Morgan fingerprint density at radius 2 is 1.84 bits per heavy atom. The average Bonchev–Trinajstić information content (AvgIpc) is 3.02. The van der Waals surface area contributed by atoms with Crippen molar-refractivity contribution in [3.8, 4) is 11.5 Å². The minimum atomic E-state index is -0.568. The van der Waals surface area contributed by atoms with E-state index in [4.69, 9.17) is 9.47 Å². The molecule has 1 amide bonds. The van der Waals surface area contributed by atoms with Gasteiger partial charge in [-0.15, -0.1) is 0 Å². The van der Waals surface area contributed by atoms with Gasteiger partial charge < -0.3 is 14.8 Å². The highest BCUT2D eigenvalue weighted by Crippen LogP contribution is 2.37. The van der Waals surface area contributed by atoms with E-state index in [1.54, 1.807) is 0 Å². The molecule has 0 radical (unpaired) electrons. The lowest BCUT2D eigenvalue weighted by Crippen LogP contribution is -2.15. The Bertz CT molecular complexity index is 851. The quantitative estimate of drug-likeness (QED) is 0.841. The van der Waals surface area contributed by atoms with Crippen molar-refractivity contribution in [2.24, 2.45) is 0 Å². The number of carbonyl (C=O) groups is 2. The molecule has 2 aromatic rings. The van der Waals surface area contributed by atoms with Crippen LogP contribution in [0.4, 0.5) is 14.5 Å². The number of benzene rings is 2. The van der Waals surface area contributed by atoms with Crippen molar-refractivity contribution in [1.82, 2.24) is 0 Å². The molecule has 0 aliphatic carbocycles. The van der Waals surface area contributed by atoms with E-state index in [2.05, 4.69) is 5.32 Å². The van der Waals surface area contributed by atoms with Crippen LogP contribution in [0, 0.1) is 11.6 Å². The van der Waals surface area contributed by atoms with Crippen molar-refractivity contribution < 1.29 is 27.8 Å². The maximum absolute atomic E-state index is 13.6. The third-order valence-electron chi connectivity index (χ3n) is 3.80. The van der Waals surface area contributed by atoms with Crippen molar-refractivity contribution in [3.05, 3.63) is 53.1 Å². The van der Waals surface area contributed by atoms with Gasteiger partial charge in [-0.05, 0) is 43.2 Å². The maximum atomic E-state index is 13.6. The number of Topliss-reactive ketones (excluding diaryl/α,β-unsaturated/α-hetero) is 1. The van der Waals surface area contributed by atoms with Crippen LogP contribution in [-0.2, 0) is 11.2 Å². The average molecular weight is 347 g/mol. The second-order valence-corrected chi connectivity index (χ2v) is 5.59. The van der Waals surface area contributed by atoms with Gasteiger partial charge in [0.05, 0.1) is 5.69 Å². The SMILES string of the molecule is CC(=O)c1cc2c(cc1NC(=O)CCc1cc(F)ccc1F)OCO2. The third kappa shape index (κ3) is 3.76. The predicted octanol–water partition coefficient (Wildman–Crippen LogP) is 3.47. The summed E-state index contributed by atoms with van der Waals surface area (Å²) in [6.07, 6.45) is -0.0262. The first kappa shape index (κ1) is 16.9. The number of carbonyl (C=O) groups excluding carboxylic acids is 2.